The Hall–Kier alpha value is -4.69. The fourth-order valence-electron chi connectivity index (χ4n) is 5.18. The zero-order valence-corrected chi connectivity index (χ0v) is 19.0. The van der Waals surface area contributed by atoms with Gasteiger partial charge in [-0.2, -0.15) is 0 Å². The van der Waals surface area contributed by atoms with E-state index in [9.17, 15) is 0 Å². The normalized spacial score (nSPS) is 11.4. The van der Waals surface area contributed by atoms with Crippen molar-refractivity contribution < 1.29 is 4.74 Å². The number of ether oxygens (including phenoxy) is 1. The number of benzene rings is 6. The molecule has 2 heteroatoms. The first-order chi connectivity index (χ1) is 17.4. The minimum Gasteiger partial charge on any atom is -0.456 e. The van der Waals surface area contributed by atoms with Gasteiger partial charge in [0.2, 0.25) is 0 Å². The smallest absolute Gasteiger partial charge is 0.143 e. The Morgan fingerprint density at radius 3 is 1.31 bits per heavy atom. The van der Waals surface area contributed by atoms with Crippen LogP contribution in [0, 0.1) is 0 Å². The molecule has 0 aliphatic heterocycles. The zero-order chi connectivity index (χ0) is 23.2. The van der Waals surface area contributed by atoms with Crippen molar-refractivity contribution in [2.24, 2.45) is 0 Å². The molecule has 0 unspecified atom stereocenters. The third-order valence-electron chi connectivity index (χ3n) is 6.68. The SMILES string of the molecule is c1ccc(Oc2c3ccccc3c(-c3c4ccccc4nc4ccccc34)c3ccccc23)cc1. The van der Waals surface area contributed by atoms with Crippen molar-refractivity contribution in [2.45, 2.75) is 0 Å². The van der Waals surface area contributed by atoms with Crippen molar-refractivity contribution in [3.05, 3.63) is 127 Å². The van der Waals surface area contributed by atoms with Gasteiger partial charge in [0.15, 0.2) is 0 Å². The number of para-hydroxylation sites is 3. The molecule has 2 nitrogen and oxygen atoms in total. The molecular weight excluding hydrogens is 426 g/mol. The molecule has 6 aromatic carbocycles. The highest BCUT2D eigenvalue weighted by Gasteiger charge is 2.20. The van der Waals surface area contributed by atoms with Gasteiger partial charge in [-0.3, -0.25) is 0 Å². The fraction of sp³-hybridized carbons (Fsp3) is 0. The van der Waals surface area contributed by atoms with Crippen molar-refractivity contribution in [3.8, 4) is 22.6 Å². The molecule has 1 heterocycles. The van der Waals surface area contributed by atoms with Crippen LogP contribution in [0.5, 0.6) is 11.5 Å². The van der Waals surface area contributed by atoms with E-state index >= 15 is 0 Å². The highest BCUT2D eigenvalue weighted by atomic mass is 16.5. The summed E-state index contributed by atoms with van der Waals surface area (Å²) in [4.78, 5) is 4.97. The molecule has 0 aliphatic rings. The molecule has 0 saturated carbocycles. The first-order valence-electron chi connectivity index (χ1n) is 11.8. The molecule has 0 N–H and O–H groups in total. The van der Waals surface area contributed by atoms with Crippen LogP contribution < -0.4 is 4.74 Å². The summed E-state index contributed by atoms with van der Waals surface area (Å²) in [5.41, 5.74) is 4.43. The average molecular weight is 448 g/mol. The van der Waals surface area contributed by atoms with E-state index in [1.54, 1.807) is 0 Å². The predicted octanol–water partition coefficient (Wildman–Crippen LogP) is 9.15. The zero-order valence-electron chi connectivity index (χ0n) is 19.0. The van der Waals surface area contributed by atoms with Crippen LogP contribution in [0.25, 0.3) is 54.5 Å². The van der Waals surface area contributed by atoms with E-state index in [1.165, 1.54) is 21.9 Å². The van der Waals surface area contributed by atoms with E-state index in [-0.39, 0.29) is 0 Å². The fourth-order valence-corrected chi connectivity index (χ4v) is 5.18. The lowest BCUT2D eigenvalue weighted by atomic mass is 9.87. The maximum Gasteiger partial charge on any atom is 0.143 e. The van der Waals surface area contributed by atoms with Gasteiger partial charge in [-0.25, -0.2) is 4.98 Å². The molecule has 7 aromatic rings. The molecule has 0 aliphatic carbocycles. The predicted molar refractivity (Wildman–Crippen MR) is 146 cm³/mol. The van der Waals surface area contributed by atoms with E-state index < -0.39 is 0 Å². The maximum atomic E-state index is 6.56. The summed E-state index contributed by atoms with van der Waals surface area (Å²) in [7, 11) is 0. The maximum absolute atomic E-state index is 6.56. The number of fused-ring (bicyclic) bond motifs is 4. The molecular formula is C33H21NO. The Morgan fingerprint density at radius 1 is 0.371 bits per heavy atom. The Labute approximate surface area is 203 Å². The largest absolute Gasteiger partial charge is 0.456 e. The molecule has 0 fully saturated rings. The van der Waals surface area contributed by atoms with Crippen LogP contribution in [0.1, 0.15) is 0 Å². The van der Waals surface area contributed by atoms with Crippen LogP contribution in [0.2, 0.25) is 0 Å². The molecule has 0 bridgehead atoms. The monoisotopic (exact) mass is 447 g/mol. The van der Waals surface area contributed by atoms with Crippen molar-refractivity contribution in [2.75, 3.05) is 0 Å². The lowest BCUT2D eigenvalue weighted by molar-refractivity contribution is 0.494. The number of pyridine rings is 1. The van der Waals surface area contributed by atoms with Crippen LogP contribution in [-0.4, -0.2) is 4.98 Å². The summed E-state index contributed by atoms with van der Waals surface area (Å²) >= 11 is 0. The van der Waals surface area contributed by atoms with Gasteiger partial charge >= 0.3 is 0 Å². The van der Waals surface area contributed by atoms with E-state index in [0.29, 0.717) is 0 Å². The Balaban J connectivity index is 1.68. The number of aromatic nitrogens is 1. The molecule has 0 radical (unpaired) electrons. The summed E-state index contributed by atoms with van der Waals surface area (Å²) < 4.78 is 6.56. The van der Waals surface area contributed by atoms with Gasteiger partial charge < -0.3 is 4.74 Å². The summed E-state index contributed by atoms with van der Waals surface area (Å²) in [6.45, 7) is 0. The number of nitrogens with zero attached hydrogens (tertiary/aromatic N) is 1. The third-order valence-corrected chi connectivity index (χ3v) is 6.68. The van der Waals surface area contributed by atoms with E-state index in [1.807, 2.05) is 30.3 Å². The van der Waals surface area contributed by atoms with Crippen LogP contribution in [0.15, 0.2) is 127 Å². The van der Waals surface area contributed by atoms with E-state index in [2.05, 4.69) is 97.1 Å². The Morgan fingerprint density at radius 2 is 0.771 bits per heavy atom. The van der Waals surface area contributed by atoms with Crippen LogP contribution in [0.3, 0.4) is 0 Å². The molecule has 0 saturated heterocycles. The summed E-state index contributed by atoms with van der Waals surface area (Å²) in [5.74, 6) is 1.71. The van der Waals surface area contributed by atoms with Gasteiger partial charge in [-0.1, -0.05) is 103 Å². The van der Waals surface area contributed by atoms with Gasteiger partial charge in [0.25, 0.3) is 0 Å². The van der Waals surface area contributed by atoms with Crippen molar-refractivity contribution in [3.63, 3.8) is 0 Å². The van der Waals surface area contributed by atoms with Crippen molar-refractivity contribution in [1.29, 1.82) is 0 Å². The van der Waals surface area contributed by atoms with Crippen molar-refractivity contribution >= 4 is 43.4 Å². The first-order valence-corrected chi connectivity index (χ1v) is 11.8. The van der Waals surface area contributed by atoms with Gasteiger partial charge in [0.05, 0.1) is 11.0 Å². The van der Waals surface area contributed by atoms with Gasteiger partial charge in [0, 0.05) is 27.1 Å². The molecule has 0 amide bonds. The van der Waals surface area contributed by atoms with Crippen LogP contribution >= 0.6 is 0 Å². The van der Waals surface area contributed by atoms with Gasteiger partial charge in [0.1, 0.15) is 11.5 Å². The number of hydrogen-bond donors (Lipinski definition) is 0. The molecule has 1 aromatic heterocycles. The lowest BCUT2D eigenvalue weighted by Gasteiger charge is -2.19. The van der Waals surface area contributed by atoms with Crippen LogP contribution in [0.4, 0.5) is 0 Å². The lowest BCUT2D eigenvalue weighted by Crippen LogP contribution is -1.94. The Bertz CT molecular complexity index is 1760. The van der Waals surface area contributed by atoms with Crippen LogP contribution in [-0.2, 0) is 0 Å². The number of hydrogen-bond acceptors (Lipinski definition) is 2. The first kappa shape index (κ1) is 19.7. The summed E-state index contributed by atoms with van der Waals surface area (Å²) in [5, 5.41) is 6.82. The van der Waals surface area contributed by atoms with Gasteiger partial charge in [-0.05, 0) is 40.6 Å². The van der Waals surface area contributed by atoms with Gasteiger partial charge in [-0.15, -0.1) is 0 Å². The molecule has 35 heavy (non-hydrogen) atoms. The topological polar surface area (TPSA) is 22.1 Å². The number of rotatable bonds is 3. The molecule has 0 atom stereocenters. The van der Waals surface area contributed by atoms with Crippen molar-refractivity contribution in [1.82, 2.24) is 4.98 Å². The molecule has 164 valence electrons. The quantitative estimate of drug-likeness (QED) is 0.252. The second kappa shape index (κ2) is 7.96. The third kappa shape index (κ3) is 3.15. The van der Waals surface area contributed by atoms with E-state index in [4.69, 9.17) is 9.72 Å². The average Bonchev–Trinajstić information content (AvgIpc) is 2.93. The molecule has 0 spiro atoms. The second-order valence-electron chi connectivity index (χ2n) is 8.73. The summed E-state index contributed by atoms with van der Waals surface area (Å²) in [6.07, 6.45) is 0. The minimum absolute atomic E-state index is 0.829. The highest BCUT2D eigenvalue weighted by Crippen LogP contribution is 2.47. The minimum atomic E-state index is 0.829. The van der Waals surface area contributed by atoms with E-state index in [0.717, 1.165) is 44.1 Å². The standard InChI is InChI=1S/C33H21NO/c1-2-12-22(13-3-1)35-33-25-16-6-4-14-23(25)31(24-15-5-7-17-26(24)33)32-27-18-8-10-20-29(27)34-30-21-11-9-19-28(30)32/h1-21H. The second-order valence-corrected chi connectivity index (χ2v) is 8.73. The highest BCUT2D eigenvalue weighted by molar-refractivity contribution is 6.24. The summed E-state index contributed by atoms with van der Waals surface area (Å²) in [6, 6.07) is 44.0. The molecule has 7 rings (SSSR count). The Kier molecular flexibility index (Phi) is 4.49.